The highest BCUT2D eigenvalue weighted by Gasteiger charge is 2.18. The molecule has 23 heavy (non-hydrogen) atoms. The number of benzene rings is 1. The van der Waals surface area contributed by atoms with Crippen molar-refractivity contribution in [1.29, 1.82) is 0 Å². The molecule has 0 fully saturated rings. The van der Waals surface area contributed by atoms with Crippen molar-refractivity contribution in [2.45, 2.75) is 20.3 Å². The second-order valence-electron chi connectivity index (χ2n) is 6.37. The number of aliphatic hydroxyl groups excluding tert-OH is 1. The van der Waals surface area contributed by atoms with Crippen molar-refractivity contribution in [1.82, 2.24) is 15.6 Å². The van der Waals surface area contributed by atoms with Crippen molar-refractivity contribution < 1.29 is 14.7 Å². The van der Waals surface area contributed by atoms with E-state index in [9.17, 15) is 9.59 Å². The van der Waals surface area contributed by atoms with E-state index in [1.54, 1.807) is 6.07 Å². The number of para-hydroxylation sites is 1. The molecule has 4 N–H and O–H groups in total. The summed E-state index contributed by atoms with van der Waals surface area (Å²) in [6, 6.07) is 9.36. The Labute approximate surface area is 135 Å². The zero-order chi connectivity index (χ0) is 16.9. The molecule has 0 unspecified atom stereocenters. The van der Waals surface area contributed by atoms with Crippen molar-refractivity contribution in [2.75, 3.05) is 19.7 Å². The molecule has 124 valence electrons. The number of fused-ring (bicyclic) bond motifs is 1. The third-order valence-corrected chi connectivity index (χ3v) is 3.74. The lowest BCUT2D eigenvalue weighted by atomic mass is 9.90. The fourth-order valence-electron chi connectivity index (χ4n) is 2.24. The molecule has 0 aliphatic rings. The molecule has 6 heteroatoms. The SMILES string of the molecule is CC(C)(CCO)CNC(=O)CNC(=O)c1cc2ccccc2[nH]1. The Kier molecular flexibility index (Phi) is 5.39. The number of rotatable bonds is 7. The van der Waals surface area contributed by atoms with Crippen LogP contribution in [0, 0.1) is 5.41 Å². The van der Waals surface area contributed by atoms with Crippen LogP contribution in [0.4, 0.5) is 0 Å². The molecule has 0 bridgehead atoms. The van der Waals surface area contributed by atoms with Gasteiger partial charge in [0.1, 0.15) is 5.69 Å². The molecule has 2 amide bonds. The van der Waals surface area contributed by atoms with Crippen molar-refractivity contribution in [3.05, 3.63) is 36.0 Å². The largest absolute Gasteiger partial charge is 0.396 e. The molecule has 0 radical (unpaired) electrons. The van der Waals surface area contributed by atoms with Crippen molar-refractivity contribution in [3.8, 4) is 0 Å². The van der Waals surface area contributed by atoms with Crippen LogP contribution in [0.3, 0.4) is 0 Å². The third kappa shape index (κ3) is 4.82. The molecule has 0 aliphatic carbocycles. The van der Waals surface area contributed by atoms with Gasteiger partial charge in [0.2, 0.25) is 5.91 Å². The molecular formula is C17H23N3O3. The van der Waals surface area contributed by atoms with E-state index in [0.717, 1.165) is 10.9 Å². The Morgan fingerprint density at radius 2 is 1.96 bits per heavy atom. The third-order valence-electron chi connectivity index (χ3n) is 3.74. The van der Waals surface area contributed by atoms with E-state index >= 15 is 0 Å². The van der Waals surface area contributed by atoms with Gasteiger partial charge in [-0.05, 0) is 24.0 Å². The number of amides is 2. The molecule has 1 heterocycles. The Bertz CT molecular complexity index is 658. The molecule has 0 atom stereocenters. The molecule has 1 aromatic carbocycles. The van der Waals surface area contributed by atoms with Gasteiger partial charge in [-0.25, -0.2) is 0 Å². The van der Waals surface area contributed by atoms with Gasteiger partial charge < -0.3 is 20.7 Å². The molecule has 6 nitrogen and oxygen atoms in total. The summed E-state index contributed by atoms with van der Waals surface area (Å²) in [5, 5.41) is 15.3. The van der Waals surface area contributed by atoms with Crippen molar-refractivity contribution in [2.24, 2.45) is 5.41 Å². The normalized spacial score (nSPS) is 11.4. The van der Waals surface area contributed by atoms with Gasteiger partial charge in [-0.1, -0.05) is 32.0 Å². The summed E-state index contributed by atoms with van der Waals surface area (Å²) in [5.41, 5.74) is 1.14. The monoisotopic (exact) mass is 317 g/mol. The molecule has 0 aliphatic heterocycles. The molecule has 0 spiro atoms. The van der Waals surface area contributed by atoms with E-state index in [4.69, 9.17) is 5.11 Å². The predicted molar refractivity (Wildman–Crippen MR) is 89.1 cm³/mol. The fraction of sp³-hybridized carbons (Fsp3) is 0.412. The summed E-state index contributed by atoms with van der Waals surface area (Å²) < 4.78 is 0. The standard InChI is InChI=1S/C17H23N3O3/c1-17(2,7-8-21)11-19-15(22)10-18-16(23)14-9-12-5-3-4-6-13(12)20-14/h3-6,9,20-21H,7-8,10-11H2,1-2H3,(H,18,23)(H,19,22). The van der Waals surface area contributed by atoms with Crippen LogP contribution in [0.25, 0.3) is 10.9 Å². The summed E-state index contributed by atoms with van der Waals surface area (Å²) in [6.45, 7) is 4.39. The lowest BCUT2D eigenvalue weighted by molar-refractivity contribution is -0.120. The summed E-state index contributed by atoms with van der Waals surface area (Å²) in [5.74, 6) is -0.563. The number of aromatic nitrogens is 1. The Balaban J connectivity index is 1.83. The van der Waals surface area contributed by atoms with Crippen LogP contribution in [0.1, 0.15) is 30.8 Å². The number of carbonyl (C=O) groups is 2. The highest BCUT2D eigenvalue weighted by Crippen LogP contribution is 2.17. The highest BCUT2D eigenvalue weighted by molar-refractivity contribution is 5.99. The van der Waals surface area contributed by atoms with E-state index in [1.807, 2.05) is 38.1 Å². The highest BCUT2D eigenvalue weighted by atomic mass is 16.3. The molecule has 2 aromatic rings. The number of aliphatic hydroxyl groups is 1. The predicted octanol–water partition coefficient (Wildman–Crippen LogP) is 1.42. The summed E-state index contributed by atoms with van der Waals surface area (Å²) in [6.07, 6.45) is 0.606. The molecular weight excluding hydrogens is 294 g/mol. The molecule has 1 aromatic heterocycles. The lowest BCUT2D eigenvalue weighted by Crippen LogP contribution is -2.41. The number of H-pyrrole nitrogens is 1. The Morgan fingerprint density at radius 3 is 2.65 bits per heavy atom. The van der Waals surface area contributed by atoms with Crippen molar-refractivity contribution >= 4 is 22.7 Å². The first-order valence-corrected chi connectivity index (χ1v) is 7.65. The van der Waals surface area contributed by atoms with E-state index in [1.165, 1.54) is 0 Å². The maximum atomic E-state index is 12.1. The number of nitrogens with one attached hydrogen (secondary N) is 3. The van der Waals surface area contributed by atoms with Crippen LogP contribution in [0.5, 0.6) is 0 Å². The van der Waals surface area contributed by atoms with Crippen LogP contribution in [-0.4, -0.2) is 41.6 Å². The first-order chi connectivity index (χ1) is 10.9. The van der Waals surface area contributed by atoms with Gasteiger partial charge in [-0.3, -0.25) is 9.59 Å². The zero-order valence-corrected chi connectivity index (χ0v) is 13.5. The van der Waals surface area contributed by atoms with Gasteiger partial charge in [-0.2, -0.15) is 0 Å². The minimum Gasteiger partial charge on any atom is -0.396 e. The van der Waals surface area contributed by atoms with Gasteiger partial charge >= 0.3 is 0 Å². The molecule has 0 saturated heterocycles. The second kappa shape index (κ2) is 7.28. The smallest absolute Gasteiger partial charge is 0.268 e. The maximum Gasteiger partial charge on any atom is 0.268 e. The Hall–Kier alpha value is -2.34. The van der Waals surface area contributed by atoms with Gasteiger partial charge in [0, 0.05) is 24.1 Å². The Morgan fingerprint density at radius 1 is 1.22 bits per heavy atom. The maximum absolute atomic E-state index is 12.1. The number of hydrogen-bond donors (Lipinski definition) is 4. The van der Waals surface area contributed by atoms with E-state index in [-0.39, 0.29) is 30.4 Å². The zero-order valence-electron chi connectivity index (χ0n) is 13.5. The molecule has 0 saturated carbocycles. The van der Waals surface area contributed by atoms with E-state index in [2.05, 4.69) is 15.6 Å². The van der Waals surface area contributed by atoms with Gasteiger partial charge in [0.15, 0.2) is 0 Å². The fourth-order valence-corrected chi connectivity index (χ4v) is 2.24. The summed E-state index contributed by atoms with van der Waals surface area (Å²) >= 11 is 0. The van der Waals surface area contributed by atoms with Crippen molar-refractivity contribution in [3.63, 3.8) is 0 Å². The van der Waals surface area contributed by atoms with E-state index in [0.29, 0.717) is 18.7 Å². The van der Waals surface area contributed by atoms with Crippen LogP contribution >= 0.6 is 0 Å². The number of hydrogen-bond acceptors (Lipinski definition) is 3. The number of aromatic amines is 1. The topological polar surface area (TPSA) is 94.2 Å². The minimum absolute atomic E-state index is 0.0800. The average molecular weight is 317 g/mol. The number of carbonyl (C=O) groups excluding carboxylic acids is 2. The lowest BCUT2D eigenvalue weighted by Gasteiger charge is -2.23. The van der Waals surface area contributed by atoms with Crippen LogP contribution in [0.2, 0.25) is 0 Å². The first kappa shape index (κ1) is 17.0. The summed E-state index contributed by atoms with van der Waals surface area (Å²) in [7, 11) is 0. The second-order valence-corrected chi connectivity index (χ2v) is 6.37. The van der Waals surface area contributed by atoms with Crippen LogP contribution in [0.15, 0.2) is 30.3 Å². The van der Waals surface area contributed by atoms with Gasteiger partial charge in [-0.15, -0.1) is 0 Å². The molecule has 2 rings (SSSR count). The van der Waals surface area contributed by atoms with Crippen LogP contribution < -0.4 is 10.6 Å². The minimum atomic E-state index is -0.314. The average Bonchev–Trinajstić information content (AvgIpc) is 2.94. The van der Waals surface area contributed by atoms with Gasteiger partial charge in [0.05, 0.1) is 6.54 Å². The van der Waals surface area contributed by atoms with Gasteiger partial charge in [0.25, 0.3) is 5.91 Å². The first-order valence-electron chi connectivity index (χ1n) is 7.65. The quantitative estimate of drug-likeness (QED) is 0.622. The summed E-state index contributed by atoms with van der Waals surface area (Å²) in [4.78, 5) is 26.9. The van der Waals surface area contributed by atoms with E-state index < -0.39 is 0 Å². The van der Waals surface area contributed by atoms with Crippen LogP contribution in [-0.2, 0) is 4.79 Å².